The molecule has 1 saturated heterocycles. The molecule has 1 N–H and O–H groups in total. The molecule has 0 unspecified atom stereocenters. The summed E-state index contributed by atoms with van der Waals surface area (Å²) in [6, 6.07) is 4.29. The average molecular weight is 162 g/mol. The molecule has 1 aliphatic heterocycles. The predicted molar refractivity (Wildman–Crippen MR) is 49.2 cm³/mol. The molecule has 0 amide bonds. The summed E-state index contributed by atoms with van der Waals surface area (Å²) in [5, 5.41) is 3.36. The fourth-order valence-corrected chi connectivity index (χ4v) is 1.66. The number of hydrogen-bond donors (Lipinski definition) is 1. The van der Waals surface area contributed by atoms with Crippen molar-refractivity contribution in [3.05, 3.63) is 29.6 Å². The minimum absolute atomic E-state index is 0.693. The molecule has 1 atom stereocenters. The SMILES string of the molecule is Cc1ccc([C@H]2CCNC2)cn1. The third-order valence-corrected chi connectivity index (χ3v) is 2.47. The zero-order valence-corrected chi connectivity index (χ0v) is 7.38. The van der Waals surface area contributed by atoms with Gasteiger partial charge in [-0.3, -0.25) is 4.98 Å². The van der Waals surface area contributed by atoms with Gasteiger partial charge in [-0.05, 0) is 37.4 Å². The molecule has 1 aromatic heterocycles. The van der Waals surface area contributed by atoms with Crippen molar-refractivity contribution >= 4 is 0 Å². The van der Waals surface area contributed by atoms with E-state index < -0.39 is 0 Å². The van der Waals surface area contributed by atoms with Gasteiger partial charge in [-0.15, -0.1) is 0 Å². The summed E-state index contributed by atoms with van der Waals surface area (Å²) in [5.41, 5.74) is 2.48. The summed E-state index contributed by atoms with van der Waals surface area (Å²) < 4.78 is 0. The third kappa shape index (κ3) is 1.48. The van der Waals surface area contributed by atoms with Crippen LogP contribution in [0, 0.1) is 6.92 Å². The highest BCUT2D eigenvalue weighted by Gasteiger charge is 2.15. The lowest BCUT2D eigenvalue weighted by atomic mass is 10.0. The van der Waals surface area contributed by atoms with Crippen LogP contribution in [0.15, 0.2) is 18.3 Å². The van der Waals surface area contributed by atoms with Gasteiger partial charge in [0.1, 0.15) is 0 Å². The molecule has 2 heteroatoms. The molecule has 0 spiro atoms. The van der Waals surface area contributed by atoms with Crippen molar-refractivity contribution in [2.75, 3.05) is 13.1 Å². The lowest BCUT2D eigenvalue weighted by molar-refractivity contribution is 0.757. The summed E-state index contributed by atoms with van der Waals surface area (Å²) in [5.74, 6) is 0.693. The summed E-state index contributed by atoms with van der Waals surface area (Å²) in [6.07, 6.45) is 3.26. The summed E-state index contributed by atoms with van der Waals surface area (Å²) in [7, 11) is 0. The Kier molecular flexibility index (Phi) is 2.09. The molecule has 1 aromatic rings. The van der Waals surface area contributed by atoms with Gasteiger partial charge in [-0.2, -0.15) is 0 Å². The molecule has 0 radical (unpaired) electrons. The molecule has 0 aromatic carbocycles. The van der Waals surface area contributed by atoms with Crippen molar-refractivity contribution < 1.29 is 0 Å². The van der Waals surface area contributed by atoms with Crippen LogP contribution >= 0.6 is 0 Å². The van der Waals surface area contributed by atoms with Gasteiger partial charge in [0.2, 0.25) is 0 Å². The van der Waals surface area contributed by atoms with Crippen LogP contribution in [0.2, 0.25) is 0 Å². The summed E-state index contributed by atoms with van der Waals surface area (Å²) in [6.45, 7) is 4.29. The Morgan fingerprint density at radius 3 is 3.00 bits per heavy atom. The quantitative estimate of drug-likeness (QED) is 0.676. The Hall–Kier alpha value is -0.890. The average Bonchev–Trinajstić information content (AvgIpc) is 2.58. The molecule has 0 bridgehead atoms. The van der Waals surface area contributed by atoms with Crippen LogP contribution in [-0.4, -0.2) is 18.1 Å². The lowest BCUT2D eigenvalue weighted by Gasteiger charge is -2.07. The minimum Gasteiger partial charge on any atom is -0.316 e. The maximum absolute atomic E-state index is 4.30. The van der Waals surface area contributed by atoms with Gasteiger partial charge in [0.15, 0.2) is 0 Å². The Morgan fingerprint density at radius 2 is 2.42 bits per heavy atom. The fourth-order valence-electron chi connectivity index (χ4n) is 1.66. The Balaban J connectivity index is 2.17. The van der Waals surface area contributed by atoms with E-state index in [0.29, 0.717) is 5.92 Å². The Bertz CT molecular complexity index is 247. The Labute approximate surface area is 73.0 Å². The van der Waals surface area contributed by atoms with Gasteiger partial charge in [0, 0.05) is 18.4 Å². The molecule has 1 fully saturated rings. The summed E-state index contributed by atoms with van der Waals surface area (Å²) in [4.78, 5) is 4.30. The number of rotatable bonds is 1. The van der Waals surface area contributed by atoms with Crippen LogP contribution in [0.3, 0.4) is 0 Å². The molecular weight excluding hydrogens is 148 g/mol. The van der Waals surface area contributed by atoms with Crippen molar-refractivity contribution in [3.63, 3.8) is 0 Å². The lowest BCUT2D eigenvalue weighted by Crippen LogP contribution is -2.08. The fraction of sp³-hybridized carbons (Fsp3) is 0.500. The number of pyridine rings is 1. The van der Waals surface area contributed by atoms with E-state index in [1.807, 2.05) is 13.1 Å². The van der Waals surface area contributed by atoms with Gasteiger partial charge in [0.05, 0.1) is 0 Å². The number of nitrogens with one attached hydrogen (secondary N) is 1. The number of aromatic nitrogens is 1. The topological polar surface area (TPSA) is 24.9 Å². The van der Waals surface area contributed by atoms with Gasteiger partial charge < -0.3 is 5.32 Å². The largest absolute Gasteiger partial charge is 0.316 e. The normalized spacial score (nSPS) is 22.9. The zero-order valence-electron chi connectivity index (χ0n) is 7.38. The maximum Gasteiger partial charge on any atom is 0.0372 e. The highest BCUT2D eigenvalue weighted by Crippen LogP contribution is 2.20. The van der Waals surface area contributed by atoms with Crippen molar-refractivity contribution in [2.45, 2.75) is 19.3 Å². The molecular formula is C10H14N2. The van der Waals surface area contributed by atoms with Crippen LogP contribution in [0.5, 0.6) is 0 Å². The van der Waals surface area contributed by atoms with Crippen molar-refractivity contribution in [1.29, 1.82) is 0 Å². The molecule has 12 heavy (non-hydrogen) atoms. The number of aryl methyl sites for hydroxylation is 1. The standard InChI is InChI=1S/C10H14N2/c1-8-2-3-9(7-12-8)10-4-5-11-6-10/h2-3,7,10-11H,4-6H2,1H3/t10-/m0/s1. The van der Waals surface area contributed by atoms with Crippen LogP contribution in [0.25, 0.3) is 0 Å². The van der Waals surface area contributed by atoms with Crippen molar-refractivity contribution in [3.8, 4) is 0 Å². The van der Waals surface area contributed by atoms with Crippen molar-refractivity contribution in [2.24, 2.45) is 0 Å². The highest BCUT2D eigenvalue weighted by atomic mass is 14.9. The smallest absolute Gasteiger partial charge is 0.0372 e. The predicted octanol–water partition coefficient (Wildman–Crippen LogP) is 1.47. The third-order valence-electron chi connectivity index (χ3n) is 2.47. The van der Waals surface area contributed by atoms with Gasteiger partial charge in [0.25, 0.3) is 0 Å². The first-order chi connectivity index (χ1) is 5.86. The van der Waals surface area contributed by atoms with E-state index in [9.17, 15) is 0 Å². The number of hydrogen-bond acceptors (Lipinski definition) is 2. The second kappa shape index (κ2) is 3.23. The van der Waals surface area contributed by atoms with E-state index >= 15 is 0 Å². The van der Waals surface area contributed by atoms with E-state index in [0.717, 1.165) is 18.8 Å². The molecule has 1 aliphatic rings. The second-order valence-electron chi connectivity index (χ2n) is 3.42. The minimum atomic E-state index is 0.693. The number of nitrogens with zero attached hydrogens (tertiary/aromatic N) is 1. The van der Waals surface area contributed by atoms with E-state index in [2.05, 4.69) is 22.4 Å². The molecule has 0 aliphatic carbocycles. The molecule has 2 nitrogen and oxygen atoms in total. The van der Waals surface area contributed by atoms with Crippen LogP contribution in [0.4, 0.5) is 0 Å². The van der Waals surface area contributed by atoms with Gasteiger partial charge in [-0.1, -0.05) is 6.07 Å². The first-order valence-corrected chi connectivity index (χ1v) is 4.49. The maximum atomic E-state index is 4.30. The van der Waals surface area contributed by atoms with Crippen LogP contribution in [-0.2, 0) is 0 Å². The van der Waals surface area contributed by atoms with E-state index in [1.54, 1.807) is 0 Å². The van der Waals surface area contributed by atoms with Gasteiger partial charge >= 0.3 is 0 Å². The van der Waals surface area contributed by atoms with E-state index in [1.165, 1.54) is 12.0 Å². The van der Waals surface area contributed by atoms with Gasteiger partial charge in [-0.25, -0.2) is 0 Å². The van der Waals surface area contributed by atoms with E-state index in [4.69, 9.17) is 0 Å². The Morgan fingerprint density at radius 1 is 1.50 bits per heavy atom. The van der Waals surface area contributed by atoms with E-state index in [-0.39, 0.29) is 0 Å². The highest BCUT2D eigenvalue weighted by molar-refractivity contribution is 5.19. The molecule has 2 rings (SSSR count). The van der Waals surface area contributed by atoms with Crippen LogP contribution < -0.4 is 5.32 Å². The molecule has 64 valence electrons. The van der Waals surface area contributed by atoms with Crippen molar-refractivity contribution in [1.82, 2.24) is 10.3 Å². The molecule has 0 saturated carbocycles. The second-order valence-corrected chi connectivity index (χ2v) is 3.42. The first-order valence-electron chi connectivity index (χ1n) is 4.49. The molecule has 2 heterocycles. The zero-order chi connectivity index (χ0) is 8.39. The van der Waals surface area contributed by atoms with Crippen LogP contribution in [0.1, 0.15) is 23.6 Å². The summed E-state index contributed by atoms with van der Waals surface area (Å²) >= 11 is 0. The first kappa shape index (κ1) is 7.74. The monoisotopic (exact) mass is 162 g/mol.